The molecule has 1 N–H and O–H groups in total. The van der Waals surface area contributed by atoms with E-state index in [1.807, 2.05) is 33.8 Å². The molecule has 0 radical (unpaired) electrons. The predicted octanol–water partition coefficient (Wildman–Crippen LogP) is 3.94. The first kappa shape index (κ1) is 16.5. The van der Waals surface area contributed by atoms with E-state index in [1.54, 1.807) is 24.5 Å². The minimum absolute atomic E-state index is 0.0183. The van der Waals surface area contributed by atoms with Crippen molar-refractivity contribution in [1.29, 1.82) is 0 Å². The van der Waals surface area contributed by atoms with Crippen molar-refractivity contribution in [2.45, 2.75) is 53.2 Å². The molecule has 0 unspecified atom stereocenters. The molecule has 0 spiro atoms. The summed E-state index contributed by atoms with van der Waals surface area (Å²) in [6, 6.07) is 9.96. The zero-order valence-corrected chi connectivity index (χ0v) is 14.3. The van der Waals surface area contributed by atoms with Crippen LogP contribution in [0.2, 0.25) is 0 Å². The first-order valence-electron chi connectivity index (χ1n) is 7.69. The molecule has 0 bridgehead atoms. The average molecular weight is 299 g/mol. The molecule has 3 heteroatoms. The monoisotopic (exact) mass is 299 g/mol. The van der Waals surface area contributed by atoms with Crippen molar-refractivity contribution in [2.75, 3.05) is 0 Å². The minimum atomic E-state index is -1.14. The van der Waals surface area contributed by atoms with Crippen LogP contribution in [0, 0.1) is 13.8 Å². The fourth-order valence-electron chi connectivity index (χ4n) is 2.76. The molecule has 1 aromatic heterocycles. The third kappa shape index (κ3) is 3.00. The Morgan fingerprint density at radius 1 is 1.09 bits per heavy atom. The van der Waals surface area contributed by atoms with Crippen LogP contribution in [0.1, 0.15) is 50.4 Å². The topological polar surface area (TPSA) is 42.2 Å². The fourth-order valence-corrected chi connectivity index (χ4v) is 2.76. The van der Waals surface area contributed by atoms with Crippen molar-refractivity contribution in [3.8, 4) is 11.3 Å². The molecular weight excluding hydrogens is 274 g/mol. The third-order valence-electron chi connectivity index (χ3n) is 3.96. The second-order valence-corrected chi connectivity index (χ2v) is 6.78. The highest BCUT2D eigenvalue weighted by atomic mass is 16.3. The summed E-state index contributed by atoms with van der Waals surface area (Å²) in [5.74, 6) is 0. The predicted molar refractivity (Wildman–Crippen MR) is 91.2 cm³/mol. The highest BCUT2D eigenvalue weighted by Crippen LogP contribution is 2.27. The van der Waals surface area contributed by atoms with Gasteiger partial charge in [0.05, 0.1) is 11.3 Å². The van der Waals surface area contributed by atoms with Gasteiger partial charge in [-0.25, -0.2) is 0 Å². The van der Waals surface area contributed by atoms with Crippen LogP contribution in [0.3, 0.4) is 0 Å². The Morgan fingerprint density at radius 2 is 1.73 bits per heavy atom. The number of rotatable bonds is 3. The van der Waals surface area contributed by atoms with Crippen LogP contribution < -0.4 is 5.56 Å². The van der Waals surface area contributed by atoms with Crippen molar-refractivity contribution >= 4 is 0 Å². The lowest BCUT2D eigenvalue weighted by molar-refractivity contribution is 0.0764. The molecule has 0 saturated heterocycles. The molecule has 2 aromatic rings. The number of aryl methyl sites for hydroxylation is 2. The number of nitrogens with zero attached hydrogens (tertiary/aromatic N) is 1. The lowest BCUT2D eigenvalue weighted by atomic mass is 9.96. The van der Waals surface area contributed by atoms with Crippen LogP contribution in [0.25, 0.3) is 11.3 Å². The second-order valence-electron chi connectivity index (χ2n) is 6.78. The normalized spacial score (nSPS) is 12.0. The molecule has 1 aromatic carbocycles. The Balaban J connectivity index is 2.81. The van der Waals surface area contributed by atoms with Gasteiger partial charge in [-0.2, -0.15) is 0 Å². The maximum Gasteiger partial charge on any atom is 0.257 e. The highest BCUT2D eigenvalue weighted by Gasteiger charge is 2.23. The van der Waals surface area contributed by atoms with E-state index in [1.165, 1.54) is 0 Å². The number of benzene rings is 1. The summed E-state index contributed by atoms with van der Waals surface area (Å²) in [4.78, 5) is 12.9. The van der Waals surface area contributed by atoms with Gasteiger partial charge in [0, 0.05) is 17.2 Å². The molecule has 0 aliphatic rings. The van der Waals surface area contributed by atoms with E-state index in [4.69, 9.17) is 0 Å². The molecule has 0 atom stereocenters. The molecule has 3 nitrogen and oxygen atoms in total. The van der Waals surface area contributed by atoms with Gasteiger partial charge in [-0.05, 0) is 65.3 Å². The quantitative estimate of drug-likeness (QED) is 0.932. The Kier molecular flexibility index (Phi) is 4.30. The first-order chi connectivity index (χ1) is 10.1. The van der Waals surface area contributed by atoms with Crippen molar-refractivity contribution in [1.82, 2.24) is 4.57 Å². The lowest BCUT2D eigenvalue weighted by Crippen LogP contribution is -2.33. The van der Waals surface area contributed by atoms with Crippen molar-refractivity contribution in [3.05, 3.63) is 57.4 Å². The van der Waals surface area contributed by atoms with Crippen LogP contribution >= 0.6 is 0 Å². The van der Waals surface area contributed by atoms with Crippen LogP contribution in [0.15, 0.2) is 35.1 Å². The summed E-state index contributed by atoms with van der Waals surface area (Å²) in [6.07, 6.45) is 0. The van der Waals surface area contributed by atoms with E-state index in [-0.39, 0.29) is 11.6 Å². The van der Waals surface area contributed by atoms with Gasteiger partial charge in [0.15, 0.2) is 0 Å². The second kappa shape index (κ2) is 5.73. The SMILES string of the molecule is Cc1ccc(C)c(-c2ccc(C(C)(C)O)c(=O)n2C(C)C)c1. The van der Waals surface area contributed by atoms with E-state index >= 15 is 0 Å². The van der Waals surface area contributed by atoms with Crippen LogP contribution in [0.5, 0.6) is 0 Å². The summed E-state index contributed by atoms with van der Waals surface area (Å²) >= 11 is 0. The van der Waals surface area contributed by atoms with Gasteiger partial charge in [0.1, 0.15) is 0 Å². The van der Waals surface area contributed by atoms with Crippen LogP contribution in [-0.2, 0) is 5.60 Å². The highest BCUT2D eigenvalue weighted by molar-refractivity contribution is 5.65. The third-order valence-corrected chi connectivity index (χ3v) is 3.96. The molecule has 118 valence electrons. The van der Waals surface area contributed by atoms with E-state index in [0.29, 0.717) is 5.56 Å². The zero-order chi connectivity index (χ0) is 16.7. The maximum absolute atomic E-state index is 12.9. The maximum atomic E-state index is 12.9. The van der Waals surface area contributed by atoms with Gasteiger partial charge < -0.3 is 9.67 Å². The molecule has 1 heterocycles. The molecule has 0 amide bonds. The van der Waals surface area contributed by atoms with E-state index in [0.717, 1.165) is 22.4 Å². The van der Waals surface area contributed by atoms with Gasteiger partial charge >= 0.3 is 0 Å². The summed E-state index contributed by atoms with van der Waals surface area (Å²) in [6.45, 7) is 11.4. The van der Waals surface area contributed by atoms with Crippen LogP contribution in [-0.4, -0.2) is 9.67 Å². The molecule has 0 aliphatic carbocycles. The van der Waals surface area contributed by atoms with Crippen molar-refractivity contribution in [2.24, 2.45) is 0 Å². The summed E-state index contributed by atoms with van der Waals surface area (Å²) in [5, 5.41) is 10.2. The average Bonchev–Trinajstić information content (AvgIpc) is 2.39. The summed E-state index contributed by atoms with van der Waals surface area (Å²) in [7, 11) is 0. The molecule has 0 saturated carbocycles. The first-order valence-corrected chi connectivity index (χ1v) is 7.69. The van der Waals surface area contributed by atoms with Crippen molar-refractivity contribution < 1.29 is 5.11 Å². The zero-order valence-electron chi connectivity index (χ0n) is 14.3. The smallest absolute Gasteiger partial charge is 0.257 e. The van der Waals surface area contributed by atoms with Crippen LogP contribution in [0.4, 0.5) is 0 Å². The molecule has 0 aliphatic heterocycles. The largest absolute Gasteiger partial charge is 0.386 e. The Bertz CT molecular complexity index is 749. The number of aromatic nitrogens is 1. The Hall–Kier alpha value is -1.87. The standard InChI is InChI=1S/C19H25NO2/c1-12(2)20-17(15-11-13(3)7-8-14(15)4)10-9-16(18(20)21)19(5,6)22/h7-12,22H,1-6H3. The number of hydrogen-bond acceptors (Lipinski definition) is 2. The summed E-state index contributed by atoms with van der Waals surface area (Å²) in [5.41, 5.74) is 3.41. The number of pyridine rings is 1. The van der Waals surface area contributed by atoms with E-state index in [2.05, 4.69) is 18.2 Å². The van der Waals surface area contributed by atoms with E-state index < -0.39 is 5.60 Å². The van der Waals surface area contributed by atoms with Gasteiger partial charge in [-0.3, -0.25) is 4.79 Å². The number of hydrogen-bond donors (Lipinski definition) is 1. The van der Waals surface area contributed by atoms with Gasteiger partial charge in [0.25, 0.3) is 5.56 Å². The minimum Gasteiger partial charge on any atom is -0.386 e. The Labute approximate surface area is 132 Å². The van der Waals surface area contributed by atoms with Gasteiger partial charge in [0.2, 0.25) is 0 Å². The van der Waals surface area contributed by atoms with Gasteiger partial charge in [-0.1, -0.05) is 17.7 Å². The lowest BCUT2D eigenvalue weighted by Gasteiger charge is -2.23. The fraction of sp³-hybridized carbons (Fsp3) is 0.421. The van der Waals surface area contributed by atoms with E-state index in [9.17, 15) is 9.90 Å². The molecule has 0 fully saturated rings. The summed E-state index contributed by atoms with van der Waals surface area (Å²) < 4.78 is 1.77. The molecular formula is C19H25NO2. The molecule has 22 heavy (non-hydrogen) atoms. The van der Waals surface area contributed by atoms with Crippen molar-refractivity contribution in [3.63, 3.8) is 0 Å². The number of aliphatic hydroxyl groups is 1. The Morgan fingerprint density at radius 3 is 2.27 bits per heavy atom. The molecule has 2 rings (SSSR count). The van der Waals surface area contributed by atoms with Gasteiger partial charge in [-0.15, -0.1) is 0 Å².